The van der Waals surface area contributed by atoms with Gasteiger partial charge in [0, 0.05) is 16.1 Å². The summed E-state index contributed by atoms with van der Waals surface area (Å²) in [6.45, 7) is 6.82. The number of nitrogens with one attached hydrogen (secondary N) is 2. The van der Waals surface area contributed by atoms with E-state index in [2.05, 4.69) is 26.6 Å². The van der Waals surface area contributed by atoms with Gasteiger partial charge >= 0.3 is 0 Å². The topological polar surface area (TPSA) is 87.7 Å². The highest BCUT2D eigenvalue weighted by atomic mass is 79.9. The van der Waals surface area contributed by atoms with Crippen LogP contribution in [0.25, 0.3) is 0 Å². The summed E-state index contributed by atoms with van der Waals surface area (Å²) >= 11 is 3.39. The highest BCUT2D eigenvalue weighted by Crippen LogP contribution is 2.38. The molecule has 3 rings (SSSR count). The number of fused-ring (bicyclic) bond motifs is 1. The van der Waals surface area contributed by atoms with Crippen LogP contribution in [0.4, 0.5) is 11.4 Å². The van der Waals surface area contributed by atoms with Crippen molar-refractivity contribution in [2.24, 2.45) is 0 Å². The molecule has 1 aliphatic rings. The van der Waals surface area contributed by atoms with Crippen LogP contribution in [0.1, 0.15) is 38.1 Å². The van der Waals surface area contributed by atoms with E-state index in [1.165, 1.54) is 4.90 Å². The molecule has 3 amide bonds. The Bertz CT molecular complexity index is 1000. The van der Waals surface area contributed by atoms with Crippen LogP contribution >= 0.6 is 15.9 Å². The number of halogens is 1. The minimum Gasteiger partial charge on any atom is -0.476 e. The summed E-state index contributed by atoms with van der Waals surface area (Å²) < 4.78 is 6.57. The third-order valence-electron chi connectivity index (χ3n) is 4.51. The van der Waals surface area contributed by atoms with Crippen molar-refractivity contribution in [1.29, 1.82) is 0 Å². The van der Waals surface area contributed by atoms with Crippen molar-refractivity contribution in [3.63, 3.8) is 0 Å². The van der Waals surface area contributed by atoms with Crippen LogP contribution in [0.5, 0.6) is 5.75 Å². The van der Waals surface area contributed by atoms with Crippen LogP contribution in [0.3, 0.4) is 0 Å². The second kappa shape index (κ2) is 8.47. The smallest absolute Gasteiger partial charge is 0.271 e. The molecule has 0 spiro atoms. The number of para-hydroxylation sites is 1. The first kappa shape index (κ1) is 21.8. The zero-order valence-electron chi connectivity index (χ0n) is 17.3. The van der Waals surface area contributed by atoms with Crippen LogP contribution in [-0.2, 0) is 9.59 Å². The van der Waals surface area contributed by atoms with Crippen molar-refractivity contribution in [2.75, 3.05) is 16.8 Å². The molecule has 0 aliphatic carbocycles. The van der Waals surface area contributed by atoms with Crippen molar-refractivity contribution in [2.45, 2.75) is 39.3 Å². The lowest BCUT2D eigenvalue weighted by molar-refractivity contribution is -0.133. The monoisotopic (exact) mass is 473 g/mol. The Hall–Kier alpha value is -2.87. The molecule has 0 fully saturated rings. The van der Waals surface area contributed by atoms with E-state index in [0.29, 0.717) is 22.7 Å². The van der Waals surface area contributed by atoms with Crippen molar-refractivity contribution in [3.05, 3.63) is 52.5 Å². The lowest BCUT2D eigenvalue weighted by Gasteiger charge is -2.38. The molecule has 0 bridgehead atoms. The number of carbonyl (C=O) groups is 3. The number of hydrogen-bond acceptors (Lipinski definition) is 4. The Labute approximate surface area is 183 Å². The highest BCUT2D eigenvalue weighted by molar-refractivity contribution is 9.10. The fourth-order valence-electron chi connectivity index (χ4n) is 3.11. The third-order valence-corrected chi connectivity index (χ3v) is 5.20. The van der Waals surface area contributed by atoms with E-state index in [-0.39, 0.29) is 30.3 Å². The SMILES string of the molecule is CC(C)NC(=O)c1ccc2c(c1)N(CC(=O)Nc1ccccc1Br)C(=O)C(C)(C)O2. The Balaban J connectivity index is 1.91. The predicted octanol–water partition coefficient (Wildman–Crippen LogP) is 3.73. The number of amides is 3. The van der Waals surface area contributed by atoms with Crippen LogP contribution in [-0.4, -0.2) is 35.9 Å². The maximum atomic E-state index is 13.0. The number of carbonyl (C=O) groups excluding carboxylic acids is 3. The first-order valence-electron chi connectivity index (χ1n) is 9.59. The van der Waals surface area contributed by atoms with Gasteiger partial charge in [-0.3, -0.25) is 19.3 Å². The average molecular weight is 474 g/mol. The second-order valence-electron chi connectivity index (χ2n) is 7.84. The zero-order chi connectivity index (χ0) is 22.1. The molecule has 0 unspecified atom stereocenters. The van der Waals surface area contributed by atoms with Crippen LogP contribution in [0.15, 0.2) is 46.9 Å². The maximum absolute atomic E-state index is 13.0. The average Bonchev–Trinajstić information content (AvgIpc) is 2.66. The fraction of sp³-hybridized carbons (Fsp3) is 0.318. The van der Waals surface area contributed by atoms with Gasteiger partial charge in [-0.1, -0.05) is 12.1 Å². The second-order valence-corrected chi connectivity index (χ2v) is 8.70. The minimum atomic E-state index is -1.14. The van der Waals surface area contributed by atoms with Crippen LogP contribution in [0, 0.1) is 0 Å². The van der Waals surface area contributed by atoms with Crippen LogP contribution < -0.4 is 20.3 Å². The Morgan fingerprint density at radius 1 is 1.17 bits per heavy atom. The first-order valence-corrected chi connectivity index (χ1v) is 10.4. The molecule has 0 aromatic heterocycles. The zero-order valence-corrected chi connectivity index (χ0v) is 18.9. The molecule has 1 aliphatic heterocycles. The highest BCUT2D eigenvalue weighted by Gasteiger charge is 2.41. The summed E-state index contributed by atoms with van der Waals surface area (Å²) in [5.41, 5.74) is 0.239. The molecule has 2 N–H and O–H groups in total. The number of benzene rings is 2. The van der Waals surface area contributed by atoms with Gasteiger partial charge in [-0.15, -0.1) is 0 Å². The Kier molecular flexibility index (Phi) is 6.17. The van der Waals surface area contributed by atoms with Gasteiger partial charge in [-0.2, -0.15) is 0 Å². The standard InChI is InChI=1S/C22H24BrN3O4/c1-13(2)24-20(28)14-9-10-18-17(11-14)26(21(29)22(3,4)30-18)12-19(27)25-16-8-6-5-7-15(16)23/h5-11,13H,12H2,1-4H3,(H,24,28)(H,25,27). The van der Waals surface area contributed by atoms with Gasteiger partial charge in [0.1, 0.15) is 12.3 Å². The molecule has 0 atom stereocenters. The van der Waals surface area contributed by atoms with Crippen molar-refractivity contribution in [3.8, 4) is 5.75 Å². The van der Waals surface area contributed by atoms with E-state index in [4.69, 9.17) is 4.74 Å². The summed E-state index contributed by atoms with van der Waals surface area (Å²) in [7, 11) is 0. The lowest BCUT2D eigenvalue weighted by atomic mass is 10.0. The van der Waals surface area contributed by atoms with Crippen molar-refractivity contribution >= 4 is 45.0 Å². The molecule has 158 valence electrons. The molecule has 7 nitrogen and oxygen atoms in total. The van der Waals surface area contributed by atoms with E-state index in [1.54, 1.807) is 44.2 Å². The van der Waals surface area contributed by atoms with Crippen molar-refractivity contribution < 1.29 is 19.1 Å². The normalized spacial score (nSPS) is 14.7. The molecule has 2 aromatic rings. The van der Waals surface area contributed by atoms with Crippen LogP contribution in [0.2, 0.25) is 0 Å². The van der Waals surface area contributed by atoms with E-state index < -0.39 is 5.60 Å². The molecule has 8 heteroatoms. The molecule has 1 heterocycles. The maximum Gasteiger partial charge on any atom is 0.271 e. The lowest BCUT2D eigenvalue weighted by Crippen LogP contribution is -2.54. The molecule has 2 aromatic carbocycles. The van der Waals surface area contributed by atoms with Gasteiger partial charge < -0.3 is 15.4 Å². The summed E-state index contributed by atoms with van der Waals surface area (Å²) in [5, 5.41) is 5.62. The Morgan fingerprint density at radius 3 is 2.53 bits per heavy atom. The summed E-state index contributed by atoms with van der Waals surface area (Å²) in [4.78, 5) is 39.5. The molecule has 0 radical (unpaired) electrons. The number of ether oxygens (including phenoxy) is 1. The van der Waals surface area contributed by atoms with Gasteiger partial charge in [-0.05, 0) is 74.0 Å². The molecule has 30 heavy (non-hydrogen) atoms. The molecule has 0 saturated carbocycles. The van der Waals surface area contributed by atoms with Gasteiger partial charge in [0.05, 0.1) is 11.4 Å². The van der Waals surface area contributed by atoms with E-state index in [9.17, 15) is 14.4 Å². The van der Waals surface area contributed by atoms with E-state index in [0.717, 1.165) is 4.47 Å². The van der Waals surface area contributed by atoms with E-state index >= 15 is 0 Å². The third kappa shape index (κ3) is 4.64. The minimum absolute atomic E-state index is 0.0310. The largest absolute Gasteiger partial charge is 0.476 e. The number of anilines is 2. The quantitative estimate of drug-likeness (QED) is 0.692. The van der Waals surface area contributed by atoms with E-state index in [1.807, 2.05) is 26.0 Å². The number of hydrogen-bond donors (Lipinski definition) is 2. The first-order chi connectivity index (χ1) is 14.1. The Morgan fingerprint density at radius 2 is 1.87 bits per heavy atom. The van der Waals surface area contributed by atoms with Gasteiger partial charge in [-0.25, -0.2) is 0 Å². The summed E-state index contributed by atoms with van der Waals surface area (Å²) in [6.07, 6.45) is 0. The van der Waals surface area contributed by atoms with Gasteiger partial charge in [0.2, 0.25) is 5.91 Å². The predicted molar refractivity (Wildman–Crippen MR) is 119 cm³/mol. The van der Waals surface area contributed by atoms with Gasteiger partial charge in [0.15, 0.2) is 5.60 Å². The molecular weight excluding hydrogens is 450 g/mol. The molecule has 0 saturated heterocycles. The summed E-state index contributed by atoms with van der Waals surface area (Å²) in [5.74, 6) is -0.549. The van der Waals surface area contributed by atoms with Crippen molar-refractivity contribution in [1.82, 2.24) is 5.32 Å². The molecular formula is C22H24BrN3O4. The summed E-state index contributed by atoms with van der Waals surface area (Å²) in [6, 6.07) is 12.1. The van der Waals surface area contributed by atoms with Gasteiger partial charge in [0.25, 0.3) is 11.8 Å². The number of nitrogens with zero attached hydrogens (tertiary/aromatic N) is 1. The fourth-order valence-corrected chi connectivity index (χ4v) is 3.49. The number of rotatable bonds is 5.